The van der Waals surface area contributed by atoms with Crippen LogP contribution in [-0.2, 0) is 21.0 Å². The summed E-state index contributed by atoms with van der Waals surface area (Å²) in [6.45, 7) is -0.447. The van der Waals surface area contributed by atoms with Crippen LogP contribution in [0.1, 0.15) is 12.0 Å². The molecule has 1 aliphatic heterocycles. The SMILES string of the molecule is O=C1CC(O)CN1S(=O)(=O)c1cccc(C(F)(F)F)c1. The molecule has 0 bridgehead atoms. The Hall–Kier alpha value is -1.61. The van der Waals surface area contributed by atoms with Crippen LogP contribution in [0.3, 0.4) is 0 Å². The molecule has 1 atom stereocenters. The first-order valence-corrected chi connectivity index (χ1v) is 6.97. The molecule has 0 saturated carbocycles. The number of hydrogen-bond acceptors (Lipinski definition) is 4. The molecule has 2 rings (SSSR count). The number of benzene rings is 1. The fraction of sp³-hybridized carbons (Fsp3) is 0.364. The van der Waals surface area contributed by atoms with E-state index in [-0.39, 0.29) is 6.42 Å². The van der Waals surface area contributed by atoms with E-state index in [4.69, 9.17) is 0 Å². The first-order chi connectivity index (χ1) is 9.12. The molecule has 1 fully saturated rings. The van der Waals surface area contributed by atoms with Gasteiger partial charge in [-0.3, -0.25) is 4.79 Å². The molecule has 110 valence electrons. The van der Waals surface area contributed by atoms with Gasteiger partial charge in [0, 0.05) is 0 Å². The maximum atomic E-state index is 12.6. The summed E-state index contributed by atoms with van der Waals surface area (Å²) < 4.78 is 62.3. The van der Waals surface area contributed by atoms with Gasteiger partial charge >= 0.3 is 6.18 Å². The molecule has 0 spiro atoms. The van der Waals surface area contributed by atoms with Gasteiger partial charge in [-0.15, -0.1) is 0 Å². The zero-order chi connectivity index (χ0) is 15.1. The van der Waals surface area contributed by atoms with Crippen molar-refractivity contribution in [3.8, 4) is 0 Å². The molecule has 1 unspecified atom stereocenters. The number of amides is 1. The summed E-state index contributed by atoms with van der Waals surface area (Å²) >= 11 is 0. The van der Waals surface area contributed by atoms with E-state index in [0.717, 1.165) is 18.2 Å². The third kappa shape index (κ3) is 2.63. The van der Waals surface area contributed by atoms with Crippen LogP contribution in [0.25, 0.3) is 0 Å². The zero-order valence-corrected chi connectivity index (χ0v) is 10.8. The molecule has 9 heteroatoms. The zero-order valence-electron chi connectivity index (χ0n) is 9.96. The number of aliphatic hydroxyl groups is 1. The maximum Gasteiger partial charge on any atom is 0.416 e. The molecule has 1 aromatic rings. The highest BCUT2D eigenvalue weighted by atomic mass is 32.2. The van der Waals surface area contributed by atoms with Gasteiger partial charge in [-0.1, -0.05) is 6.07 Å². The van der Waals surface area contributed by atoms with Crippen LogP contribution >= 0.6 is 0 Å². The Morgan fingerprint density at radius 2 is 1.95 bits per heavy atom. The Kier molecular flexibility index (Phi) is 3.51. The maximum absolute atomic E-state index is 12.6. The molecule has 1 saturated heterocycles. The number of halogens is 3. The molecular weight excluding hydrogens is 299 g/mol. The van der Waals surface area contributed by atoms with Crippen molar-refractivity contribution in [3.63, 3.8) is 0 Å². The minimum Gasteiger partial charge on any atom is -0.391 e. The number of rotatable bonds is 2. The predicted molar refractivity (Wildman–Crippen MR) is 61.0 cm³/mol. The average molecular weight is 309 g/mol. The van der Waals surface area contributed by atoms with E-state index >= 15 is 0 Å². The largest absolute Gasteiger partial charge is 0.416 e. The van der Waals surface area contributed by atoms with Gasteiger partial charge in [-0.25, -0.2) is 12.7 Å². The van der Waals surface area contributed by atoms with Crippen LogP contribution in [0.5, 0.6) is 0 Å². The summed E-state index contributed by atoms with van der Waals surface area (Å²) in [6, 6.07) is 3.13. The summed E-state index contributed by atoms with van der Waals surface area (Å²) in [5.74, 6) is -0.838. The topological polar surface area (TPSA) is 74.7 Å². The van der Waals surface area contributed by atoms with Crippen LogP contribution in [0.4, 0.5) is 13.2 Å². The molecule has 20 heavy (non-hydrogen) atoms. The normalized spacial score (nSPS) is 20.5. The molecule has 0 aromatic heterocycles. The Morgan fingerprint density at radius 1 is 1.30 bits per heavy atom. The summed E-state index contributed by atoms with van der Waals surface area (Å²) in [4.78, 5) is 10.8. The van der Waals surface area contributed by atoms with Gasteiger partial charge in [0.25, 0.3) is 10.0 Å². The van der Waals surface area contributed by atoms with E-state index in [2.05, 4.69) is 0 Å². The molecular formula is C11H10F3NO4S. The number of hydrogen-bond donors (Lipinski definition) is 1. The Morgan fingerprint density at radius 3 is 2.45 bits per heavy atom. The van der Waals surface area contributed by atoms with Gasteiger partial charge in [0.15, 0.2) is 0 Å². The smallest absolute Gasteiger partial charge is 0.391 e. The van der Waals surface area contributed by atoms with Crippen molar-refractivity contribution >= 4 is 15.9 Å². The number of carbonyl (C=O) groups excluding carboxylic acids is 1. The molecule has 1 heterocycles. The Labute approximate surface area is 112 Å². The molecule has 1 aromatic carbocycles. The second-order valence-electron chi connectivity index (χ2n) is 4.31. The molecule has 1 amide bonds. The number of alkyl halides is 3. The first-order valence-electron chi connectivity index (χ1n) is 5.53. The monoisotopic (exact) mass is 309 g/mol. The Bertz CT molecular complexity index is 641. The predicted octanol–water partition coefficient (Wildman–Crippen LogP) is 0.987. The fourth-order valence-corrected chi connectivity index (χ4v) is 3.35. The van der Waals surface area contributed by atoms with Crippen molar-refractivity contribution in [1.82, 2.24) is 4.31 Å². The average Bonchev–Trinajstić information content (AvgIpc) is 2.68. The van der Waals surface area contributed by atoms with E-state index in [1.54, 1.807) is 0 Å². The third-order valence-electron chi connectivity index (χ3n) is 2.81. The van der Waals surface area contributed by atoms with E-state index in [1.165, 1.54) is 0 Å². The van der Waals surface area contributed by atoms with Crippen molar-refractivity contribution in [2.45, 2.75) is 23.6 Å². The standard InChI is InChI=1S/C11H10F3NO4S/c12-11(13,14)7-2-1-3-9(4-7)20(18,19)15-6-8(16)5-10(15)17/h1-4,8,16H,5-6H2. The summed E-state index contributed by atoms with van der Waals surface area (Å²) in [5, 5.41) is 9.26. The van der Waals surface area contributed by atoms with Gasteiger partial charge in [-0.2, -0.15) is 13.2 Å². The minimum absolute atomic E-state index is 0.363. The van der Waals surface area contributed by atoms with Crippen molar-refractivity contribution in [2.24, 2.45) is 0 Å². The fourth-order valence-electron chi connectivity index (χ4n) is 1.85. The van der Waals surface area contributed by atoms with Crippen LogP contribution in [0.15, 0.2) is 29.2 Å². The van der Waals surface area contributed by atoms with Gasteiger partial charge in [0.1, 0.15) is 0 Å². The van der Waals surface area contributed by atoms with Gasteiger partial charge < -0.3 is 5.11 Å². The Balaban J connectivity index is 2.43. The van der Waals surface area contributed by atoms with E-state index in [1.807, 2.05) is 0 Å². The van der Waals surface area contributed by atoms with Crippen LogP contribution in [0.2, 0.25) is 0 Å². The molecule has 1 N–H and O–H groups in total. The molecule has 5 nitrogen and oxygen atoms in total. The number of nitrogens with zero attached hydrogens (tertiary/aromatic N) is 1. The quantitative estimate of drug-likeness (QED) is 0.884. The second kappa shape index (κ2) is 4.74. The van der Waals surface area contributed by atoms with Crippen molar-refractivity contribution < 1.29 is 31.5 Å². The lowest BCUT2D eigenvalue weighted by Gasteiger charge is -2.17. The van der Waals surface area contributed by atoms with E-state index in [0.29, 0.717) is 10.4 Å². The van der Waals surface area contributed by atoms with Gasteiger partial charge in [-0.05, 0) is 18.2 Å². The van der Waals surface area contributed by atoms with Crippen LogP contribution < -0.4 is 0 Å². The highest BCUT2D eigenvalue weighted by molar-refractivity contribution is 7.89. The third-order valence-corrected chi connectivity index (χ3v) is 4.60. The second-order valence-corrected chi connectivity index (χ2v) is 6.18. The van der Waals surface area contributed by atoms with Crippen molar-refractivity contribution in [1.29, 1.82) is 0 Å². The van der Waals surface area contributed by atoms with Crippen molar-refractivity contribution in [2.75, 3.05) is 6.54 Å². The molecule has 1 aliphatic rings. The lowest BCUT2D eigenvalue weighted by atomic mass is 10.2. The lowest BCUT2D eigenvalue weighted by Crippen LogP contribution is -2.33. The number of sulfonamides is 1. The number of β-amino-alcohol motifs (C(OH)–C–C–N with tert-alkyl or cyclic N) is 1. The first kappa shape index (κ1) is 14.8. The number of carbonyl (C=O) groups is 1. The summed E-state index contributed by atoms with van der Waals surface area (Å²) in [5.41, 5.74) is -1.12. The van der Waals surface area contributed by atoms with Gasteiger partial charge in [0.05, 0.1) is 29.5 Å². The number of aliphatic hydroxyl groups excluding tert-OH is 1. The van der Waals surface area contributed by atoms with Crippen LogP contribution in [0, 0.1) is 0 Å². The summed E-state index contributed by atoms with van der Waals surface area (Å²) in [7, 11) is -4.38. The molecule has 0 radical (unpaired) electrons. The van der Waals surface area contributed by atoms with E-state index in [9.17, 15) is 31.5 Å². The lowest BCUT2D eigenvalue weighted by molar-refractivity contribution is -0.137. The molecule has 0 aliphatic carbocycles. The highest BCUT2D eigenvalue weighted by Gasteiger charge is 2.39. The summed E-state index contributed by atoms with van der Waals surface area (Å²) in [6.07, 6.45) is -6.18. The van der Waals surface area contributed by atoms with Crippen LogP contribution in [-0.4, -0.2) is 36.4 Å². The van der Waals surface area contributed by atoms with E-state index < -0.39 is 45.2 Å². The van der Waals surface area contributed by atoms with Gasteiger partial charge in [0.2, 0.25) is 5.91 Å². The minimum atomic E-state index is -4.68. The highest BCUT2D eigenvalue weighted by Crippen LogP contribution is 2.31. The van der Waals surface area contributed by atoms with Crippen molar-refractivity contribution in [3.05, 3.63) is 29.8 Å².